The topological polar surface area (TPSA) is 38.9 Å². The molecule has 0 saturated carbocycles. The number of rotatable bonds is 4. The van der Waals surface area contributed by atoms with Crippen molar-refractivity contribution in [3.63, 3.8) is 0 Å². The Morgan fingerprint density at radius 2 is 2.43 bits per heavy atom. The summed E-state index contributed by atoms with van der Waals surface area (Å²) in [6, 6.07) is 4.27. The fourth-order valence-corrected chi connectivity index (χ4v) is 1.36. The maximum atomic E-state index is 5.87. The molecule has 0 aliphatic rings. The lowest BCUT2D eigenvalue weighted by atomic mass is 10.0. The zero-order valence-corrected chi connectivity index (χ0v) is 8.90. The maximum absolute atomic E-state index is 5.87. The zero-order chi connectivity index (χ0) is 10.4. The lowest BCUT2D eigenvalue weighted by Crippen LogP contribution is -2.18. The number of aromatic nitrogens is 1. The first-order valence-electron chi connectivity index (χ1n) is 5.05. The van der Waals surface area contributed by atoms with Gasteiger partial charge in [0.05, 0.1) is 0 Å². The third-order valence-electron chi connectivity index (χ3n) is 2.21. The van der Waals surface area contributed by atoms with Gasteiger partial charge in [0.15, 0.2) is 0 Å². The van der Waals surface area contributed by atoms with Gasteiger partial charge in [-0.05, 0) is 31.4 Å². The van der Waals surface area contributed by atoms with Crippen molar-refractivity contribution in [3.8, 4) is 0 Å². The van der Waals surface area contributed by atoms with E-state index in [0.717, 1.165) is 18.4 Å². The molecule has 1 aromatic rings. The Balaban J connectivity index is 2.60. The van der Waals surface area contributed by atoms with E-state index in [-0.39, 0.29) is 6.04 Å². The summed E-state index contributed by atoms with van der Waals surface area (Å²) in [6.45, 7) is 4.23. The van der Waals surface area contributed by atoms with Gasteiger partial charge in [-0.15, -0.1) is 0 Å². The van der Waals surface area contributed by atoms with Gasteiger partial charge in [-0.2, -0.15) is 0 Å². The van der Waals surface area contributed by atoms with E-state index in [2.05, 4.69) is 24.9 Å². The summed E-state index contributed by atoms with van der Waals surface area (Å²) >= 11 is 0. The van der Waals surface area contributed by atoms with Crippen molar-refractivity contribution in [2.45, 2.75) is 32.7 Å². The number of hydrogen-bond acceptors (Lipinski definition) is 2. The van der Waals surface area contributed by atoms with Gasteiger partial charge in [0.25, 0.3) is 0 Å². The molecule has 1 rings (SSSR count). The highest BCUT2D eigenvalue weighted by molar-refractivity contribution is 5.50. The summed E-state index contributed by atoms with van der Waals surface area (Å²) in [6.07, 6.45) is 7.78. The second-order valence-electron chi connectivity index (χ2n) is 3.65. The molecule has 1 aromatic heterocycles. The van der Waals surface area contributed by atoms with Crippen LogP contribution in [-0.2, 0) is 0 Å². The Labute approximate surface area is 85.9 Å². The van der Waals surface area contributed by atoms with E-state index in [0.29, 0.717) is 0 Å². The lowest BCUT2D eigenvalue weighted by molar-refractivity contribution is 0.644. The van der Waals surface area contributed by atoms with Gasteiger partial charge < -0.3 is 5.73 Å². The van der Waals surface area contributed by atoms with E-state index in [4.69, 9.17) is 5.73 Å². The molecule has 1 atom stereocenters. The van der Waals surface area contributed by atoms with Crippen LogP contribution >= 0.6 is 0 Å². The number of hydrogen-bond donors (Lipinski definition) is 1. The molecule has 2 N–H and O–H groups in total. The van der Waals surface area contributed by atoms with Crippen LogP contribution in [-0.4, -0.2) is 11.0 Å². The fraction of sp³-hybridized carbons (Fsp3) is 0.417. The van der Waals surface area contributed by atoms with E-state index in [1.165, 1.54) is 5.57 Å². The Hall–Kier alpha value is -1.15. The number of pyridine rings is 1. The largest absolute Gasteiger partial charge is 0.327 e. The summed E-state index contributed by atoms with van der Waals surface area (Å²) in [4.78, 5) is 4.06. The van der Waals surface area contributed by atoms with E-state index in [9.17, 15) is 0 Å². The van der Waals surface area contributed by atoms with Crippen molar-refractivity contribution >= 4 is 6.08 Å². The van der Waals surface area contributed by atoms with Crippen LogP contribution in [0.25, 0.3) is 6.08 Å². The first-order valence-corrected chi connectivity index (χ1v) is 5.05. The minimum atomic E-state index is 0.280. The molecular formula is C12H18N2. The average Bonchev–Trinajstić information content (AvgIpc) is 2.19. The Bertz CT molecular complexity index is 290. The highest BCUT2D eigenvalue weighted by atomic mass is 14.6. The highest BCUT2D eigenvalue weighted by Crippen LogP contribution is 2.10. The van der Waals surface area contributed by atoms with Crippen LogP contribution in [0.4, 0.5) is 0 Å². The molecule has 0 fully saturated rings. The zero-order valence-electron chi connectivity index (χ0n) is 8.90. The molecule has 76 valence electrons. The molecule has 0 bridgehead atoms. The van der Waals surface area contributed by atoms with E-state index < -0.39 is 0 Å². The SMILES string of the molecule is CCC(N)C/C(C)=C\c1cccnc1. The van der Waals surface area contributed by atoms with E-state index >= 15 is 0 Å². The van der Waals surface area contributed by atoms with Crippen LogP contribution in [0.3, 0.4) is 0 Å². The average molecular weight is 190 g/mol. The van der Waals surface area contributed by atoms with Crippen LogP contribution in [0.2, 0.25) is 0 Å². The predicted octanol–water partition coefficient (Wildman–Crippen LogP) is 2.61. The van der Waals surface area contributed by atoms with Crippen molar-refractivity contribution in [1.82, 2.24) is 4.98 Å². The molecule has 2 nitrogen and oxygen atoms in total. The van der Waals surface area contributed by atoms with Crippen LogP contribution < -0.4 is 5.73 Å². The fourth-order valence-electron chi connectivity index (χ4n) is 1.36. The van der Waals surface area contributed by atoms with E-state index in [1.54, 1.807) is 6.20 Å². The second-order valence-corrected chi connectivity index (χ2v) is 3.65. The van der Waals surface area contributed by atoms with Gasteiger partial charge in [-0.3, -0.25) is 4.98 Å². The highest BCUT2D eigenvalue weighted by Gasteiger charge is 1.99. The summed E-state index contributed by atoms with van der Waals surface area (Å²) in [5.41, 5.74) is 8.33. The second kappa shape index (κ2) is 5.55. The van der Waals surface area contributed by atoms with Gasteiger partial charge in [-0.25, -0.2) is 0 Å². The van der Waals surface area contributed by atoms with Gasteiger partial charge in [0.1, 0.15) is 0 Å². The molecule has 1 heterocycles. The molecule has 14 heavy (non-hydrogen) atoms. The van der Waals surface area contributed by atoms with Gasteiger partial charge in [-0.1, -0.05) is 24.6 Å². The molecule has 0 amide bonds. The summed E-state index contributed by atoms with van der Waals surface area (Å²) in [5.74, 6) is 0. The van der Waals surface area contributed by atoms with Crippen LogP contribution in [0, 0.1) is 0 Å². The third kappa shape index (κ3) is 3.71. The van der Waals surface area contributed by atoms with Crippen LogP contribution in [0.1, 0.15) is 32.3 Å². The monoisotopic (exact) mass is 190 g/mol. The number of nitrogens with zero attached hydrogens (tertiary/aromatic N) is 1. The van der Waals surface area contributed by atoms with Gasteiger partial charge >= 0.3 is 0 Å². The molecule has 0 saturated heterocycles. The van der Waals surface area contributed by atoms with Crippen molar-refractivity contribution in [3.05, 3.63) is 35.7 Å². The lowest BCUT2D eigenvalue weighted by Gasteiger charge is -2.08. The van der Waals surface area contributed by atoms with Crippen LogP contribution in [0.5, 0.6) is 0 Å². The third-order valence-corrected chi connectivity index (χ3v) is 2.21. The van der Waals surface area contributed by atoms with Crippen LogP contribution in [0.15, 0.2) is 30.1 Å². The van der Waals surface area contributed by atoms with Crippen molar-refractivity contribution in [1.29, 1.82) is 0 Å². The van der Waals surface area contributed by atoms with Crippen molar-refractivity contribution < 1.29 is 0 Å². The Morgan fingerprint density at radius 3 is 3.00 bits per heavy atom. The van der Waals surface area contributed by atoms with Crippen molar-refractivity contribution in [2.24, 2.45) is 5.73 Å². The molecule has 0 radical (unpaired) electrons. The minimum absolute atomic E-state index is 0.280. The normalized spacial score (nSPS) is 14.1. The standard InChI is InChI=1S/C12H18N2/c1-3-12(13)8-10(2)7-11-5-4-6-14-9-11/h4-7,9,12H,3,8,13H2,1-2H3/b10-7-. The molecule has 0 aliphatic carbocycles. The van der Waals surface area contributed by atoms with Gasteiger partial charge in [0.2, 0.25) is 0 Å². The number of nitrogens with two attached hydrogens (primary N) is 1. The molecule has 0 aliphatic heterocycles. The first kappa shape index (κ1) is 10.9. The van der Waals surface area contributed by atoms with E-state index in [1.807, 2.05) is 18.3 Å². The molecular weight excluding hydrogens is 172 g/mol. The maximum Gasteiger partial charge on any atom is 0.0340 e. The minimum Gasteiger partial charge on any atom is -0.327 e. The first-order chi connectivity index (χ1) is 6.72. The van der Waals surface area contributed by atoms with Gasteiger partial charge in [0, 0.05) is 18.4 Å². The smallest absolute Gasteiger partial charge is 0.0340 e. The Kier molecular flexibility index (Phi) is 4.33. The quantitative estimate of drug-likeness (QED) is 0.792. The summed E-state index contributed by atoms with van der Waals surface area (Å²) in [5, 5.41) is 0. The molecule has 0 spiro atoms. The summed E-state index contributed by atoms with van der Waals surface area (Å²) < 4.78 is 0. The van der Waals surface area contributed by atoms with Crippen molar-refractivity contribution in [2.75, 3.05) is 0 Å². The molecule has 0 aromatic carbocycles. The molecule has 1 unspecified atom stereocenters. The summed E-state index contributed by atoms with van der Waals surface area (Å²) in [7, 11) is 0. The predicted molar refractivity (Wildman–Crippen MR) is 60.8 cm³/mol. The molecule has 2 heteroatoms. The Morgan fingerprint density at radius 1 is 1.64 bits per heavy atom.